The second kappa shape index (κ2) is 8.65. The van der Waals surface area contributed by atoms with Gasteiger partial charge >= 0.3 is 0 Å². The maximum absolute atomic E-state index is 13.0. The van der Waals surface area contributed by atoms with Crippen LogP contribution >= 0.6 is 11.6 Å². The SMILES string of the molecule is Cc1ccc(C2=NN(C(=O)COc3ccc(Cl)cc3C(N)=O)[C@@H](c3ccco3)C2)cc1. The number of aryl methyl sites for hydroxylation is 1. The largest absolute Gasteiger partial charge is 0.483 e. The van der Waals surface area contributed by atoms with Crippen molar-refractivity contribution < 1.29 is 18.7 Å². The summed E-state index contributed by atoms with van der Waals surface area (Å²) in [6, 6.07) is 15.6. The Balaban J connectivity index is 1.57. The maximum atomic E-state index is 13.0. The van der Waals surface area contributed by atoms with Crippen LogP contribution < -0.4 is 10.5 Å². The second-order valence-corrected chi connectivity index (χ2v) is 7.62. The van der Waals surface area contributed by atoms with Crippen LogP contribution in [0.4, 0.5) is 0 Å². The number of hydrogen-bond acceptors (Lipinski definition) is 5. The van der Waals surface area contributed by atoms with Gasteiger partial charge in [0.1, 0.15) is 17.6 Å². The van der Waals surface area contributed by atoms with Gasteiger partial charge in [-0.1, -0.05) is 41.4 Å². The van der Waals surface area contributed by atoms with Crippen LogP contribution in [0, 0.1) is 6.92 Å². The lowest BCUT2D eigenvalue weighted by Crippen LogP contribution is -2.31. The molecule has 0 saturated heterocycles. The minimum absolute atomic E-state index is 0.105. The van der Waals surface area contributed by atoms with E-state index in [1.807, 2.05) is 37.3 Å². The van der Waals surface area contributed by atoms with E-state index in [0.717, 1.165) is 16.8 Å². The van der Waals surface area contributed by atoms with Gasteiger partial charge in [-0.05, 0) is 42.8 Å². The standard InChI is InChI=1S/C23H20ClN3O4/c1-14-4-6-15(7-5-14)18-12-19(21-3-2-10-30-21)27(26-18)22(28)13-31-20-9-8-16(24)11-17(20)23(25)29/h2-11,19H,12-13H2,1H3,(H2,25,29)/t19-/m1/s1. The third-order valence-electron chi connectivity index (χ3n) is 4.98. The molecule has 0 unspecified atom stereocenters. The average Bonchev–Trinajstić information content (AvgIpc) is 3.43. The number of furan rings is 1. The summed E-state index contributed by atoms with van der Waals surface area (Å²) < 4.78 is 11.1. The molecule has 0 spiro atoms. The Morgan fingerprint density at radius 1 is 1.23 bits per heavy atom. The van der Waals surface area contributed by atoms with E-state index in [4.69, 9.17) is 26.5 Å². The molecule has 2 heterocycles. The van der Waals surface area contributed by atoms with Gasteiger partial charge in [-0.15, -0.1) is 0 Å². The molecule has 0 aliphatic carbocycles. The van der Waals surface area contributed by atoms with E-state index in [-0.39, 0.29) is 29.9 Å². The van der Waals surface area contributed by atoms with Crippen molar-refractivity contribution in [3.8, 4) is 5.75 Å². The van der Waals surface area contributed by atoms with Crippen LogP contribution in [-0.2, 0) is 4.79 Å². The normalized spacial score (nSPS) is 15.6. The predicted octanol–water partition coefficient (Wildman–Crippen LogP) is 4.10. The molecule has 1 aromatic heterocycles. The van der Waals surface area contributed by atoms with Gasteiger partial charge in [-0.3, -0.25) is 9.59 Å². The van der Waals surface area contributed by atoms with Crippen molar-refractivity contribution in [2.24, 2.45) is 10.8 Å². The lowest BCUT2D eigenvalue weighted by atomic mass is 10.0. The highest BCUT2D eigenvalue weighted by Crippen LogP contribution is 2.33. The van der Waals surface area contributed by atoms with Crippen LogP contribution in [0.5, 0.6) is 5.75 Å². The number of benzene rings is 2. The molecule has 1 aliphatic heterocycles. The molecule has 0 bridgehead atoms. The third kappa shape index (κ3) is 4.46. The highest BCUT2D eigenvalue weighted by atomic mass is 35.5. The number of carbonyl (C=O) groups is 2. The summed E-state index contributed by atoms with van der Waals surface area (Å²) >= 11 is 5.92. The van der Waals surface area contributed by atoms with Crippen molar-refractivity contribution in [2.75, 3.05) is 6.61 Å². The number of rotatable bonds is 6. The van der Waals surface area contributed by atoms with Crippen LogP contribution in [-0.4, -0.2) is 29.1 Å². The van der Waals surface area contributed by atoms with Gasteiger partial charge in [0.2, 0.25) is 0 Å². The molecule has 8 heteroatoms. The Kier molecular flexibility index (Phi) is 5.77. The van der Waals surface area contributed by atoms with Crippen LogP contribution in [0.15, 0.2) is 70.4 Å². The maximum Gasteiger partial charge on any atom is 0.281 e. The summed E-state index contributed by atoms with van der Waals surface area (Å²) in [6.07, 6.45) is 2.07. The molecular formula is C23H20ClN3O4. The van der Waals surface area contributed by atoms with E-state index in [0.29, 0.717) is 17.2 Å². The molecule has 158 valence electrons. The van der Waals surface area contributed by atoms with Crippen LogP contribution in [0.2, 0.25) is 5.02 Å². The third-order valence-corrected chi connectivity index (χ3v) is 5.22. The number of ether oxygens (including phenoxy) is 1. The zero-order valence-corrected chi connectivity index (χ0v) is 17.5. The number of carbonyl (C=O) groups excluding carboxylic acids is 2. The van der Waals surface area contributed by atoms with E-state index in [9.17, 15) is 9.59 Å². The van der Waals surface area contributed by atoms with E-state index in [1.165, 1.54) is 17.1 Å². The van der Waals surface area contributed by atoms with Gasteiger partial charge in [0.25, 0.3) is 11.8 Å². The van der Waals surface area contributed by atoms with Crippen molar-refractivity contribution in [3.05, 3.63) is 88.3 Å². The molecule has 2 N–H and O–H groups in total. The van der Waals surface area contributed by atoms with Crippen LogP contribution in [0.25, 0.3) is 0 Å². The molecule has 0 radical (unpaired) electrons. The molecule has 31 heavy (non-hydrogen) atoms. The van der Waals surface area contributed by atoms with Crippen molar-refractivity contribution in [2.45, 2.75) is 19.4 Å². The highest BCUT2D eigenvalue weighted by Gasteiger charge is 2.35. The number of primary amides is 1. The Labute approximate surface area is 184 Å². The first-order chi connectivity index (χ1) is 14.9. The quantitative estimate of drug-likeness (QED) is 0.627. The minimum Gasteiger partial charge on any atom is -0.483 e. The summed E-state index contributed by atoms with van der Waals surface area (Å²) in [6.45, 7) is 1.68. The van der Waals surface area contributed by atoms with Crippen molar-refractivity contribution in [1.82, 2.24) is 5.01 Å². The van der Waals surface area contributed by atoms with E-state index < -0.39 is 5.91 Å². The van der Waals surface area contributed by atoms with E-state index in [1.54, 1.807) is 18.4 Å². The number of nitrogens with zero attached hydrogens (tertiary/aromatic N) is 2. The Bertz CT molecular complexity index is 1140. The molecule has 1 atom stereocenters. The van der Waals surface area contributed by atoms with Gasteiger partial charge < -0.3 is 14.9 Å². The number of nitrogens with two attached hydrogens (primary N) is 1. The number of halogens is 1. The predicted molar refractivity (Wildman–Crippen MR) is 116 cm³/mol. The highest BCUT2D eigenvalue weighted by molar-refractivity contribution is 6.31. The summed E-state index contributed by atoms with van der Waals surface area (Å²) in [5.74, 6) is -0.265. The molecule has 4 rings (SSSR count). The van der Waals surface area contributed by atoms with Crippen molar-refractivity contribution in [1.29, 1.82) is 0 Å². The number of amides is 2. The zero-order valence-electron chi connectivity index (χ0n) is 16.7. The smallest absolute Gasteiger partial charge is 0.281 e. The summed E-state index contributed by atoms with van der Waals surface area (Å²) in [4.78, 5) is 24.7. The molecule has 2 aromatic carbocycles. The summed E-state index contributed by atoms with van der Waals surface area (Å²) in [5.41, 5.74) is 8.34. The van der Waals surface area contributed by atoms with E-state index >= 15 is 0 Å². The lowest BCUT2D eigenvalue weighted by Gasteiger charge is -2.20. The zero-order chi connectivity index (χ0) is 22.0. The number of hydrogen-bond donors (Lipinski definition) is 1. The van der Waals surface area contributed by atoms with Gasteiger partial charge in [-0.25, -0.2) is 5.01 Å². The van der Waals surface area contributed by atoms with Gasteiger partial charge in [-0.2, -0.15) is 5.10 Å². The summed E-state index contributed by atoms with van der Waals surface area (Å²) in [7, 11) is 0. The fraction of sp³-hybridized carbons (Fsp3) is 0.174. The van der Waals surface area contributed by atoms with Crippen LogP contribution in [0.3, 0.4) is 0 Å². The second-order valence-electron chi connectivity index (χ2n) is 7.18. The van der Waals surface area contributed by atoms with Crippen molar-refractivity contribution in [3.63, 3.8) is 0 Å². The van der Waals surface area contributed by atoms with E-state index in [2.05, 4.69) is 5.10 Å². The molecule has 0 fully saturated rings. The first-order valence-corrected chi connectivity index (χ1v) is 10.0. The topological polar surface area (TPSA) is 98.1 Å². The molecule has 1 aliphatic rings. The van der Waals surface area contributed by atoms with Crippen LogP contribution in [0.1, 0.15) is 39.7 Å². The average molecular weight is 438 g/mol. The molecule has 3 aromatic rings. The monoisotopic (exact) mass is 437 g/mol. The van der Waals surface area contributed by atoms with Gasteiger partial charge in [0.05, 0.1) is 17.5 Å². The molecule has 0 saturated carbocycles. The first kappa shape index (κ1) is 20.7. The lowest BCUT2D eigenvalue weighted by molar-refractivity contribution is -0.135. The fourth-order valence-corrected chi connectivity index (χ4v) is 3.56. The van der Waals surface area contributed by atoms with Gasteiger partial charge in [0, 0.05) is 11.4 Å². The molecule has 2 amide bonds. The molecule has 7 nitrogen and oxygen atoms in total. The number of hydrazone groups is 1. The minimum atomic E-state index is -0.695. The Morgan fingerprint density at radius 3 is 2.68 bits per heavy atom. The van der Waals surface area contributed by atoms with Crippen molar-refractivity contribution >= 4 is 29.1 Å². The molecular weight excluding hydrogens is 418 g/mol. The fourth-order valence-electron chi connectivity index (χ4n) is 3.39. The Hall–Kier alpha value is -3.58. The van der Waals surface area contributed by atoms with Gasteiger partial charge in [0.15, 0.2) is 6.61 Å². The summed E-state index contributed by atoms with van der Waals surface area (Å²) in [5, 5.41) is 6.27. The Morgan fingerprint density at radius 2 is 2.00 bits per heavy atom. The first-order valence-electron chi connectivity index (χ1n) is 9.64.